The summed E-state index contributed by atoms with van der Waals surface area (Å²) in [4.78, 5) is 17.0. The number of fused-ring (bicyclic) bond motifs is 1. The van der Waals surface area contributed by atoms with Crippen LogP contribution < -0.4 is 5.56 Å². The predicted octanol–water partition coefficient (Wildman–Crippen LogP) is 5.30. The SMILES string of the molecule is O=c1c2ccccc2c(-c2ccccc2)nn1CCCCCCCCn1ccnc1. The first kappa shape index (κ1) is 20.1. The van der Waals surface area contributed by atoms with Gasteiger partial charge in [0.2, 0.25) is 0 Å². The molecule has 5 nitrogen and oxygen atoms in total. The Balaban J connectivity index is 1.35. The molecule has 30 heavy (non-hydrogen) atoms. The first-order valence-electron chi connectivity index (χ1n) is 10.8. The van der Waals surface area contributed by atoms with E-state index < -0.39 is 0 Å². The van der Waals surface area contributed by atoms with E-state index in [-0.39, 0.29) is 5.56 Å². The fourth-order valence-corrected chi connectivity index (χ4v) is 3.88. The first-order valence-corrected chi connectivity index (χ1v) is 10.8. The number of imidazole rings is 1. The molecule has 0 aliphatic heterocycles. The van der Waals surface area contributed by atoms with Crippen molar-refractivity contribution in [1.82, 2.24) is 19.3 Å². The Bertz CT molecular complexity index is 1120. The molecule has 0 unspecified atom stereocenters. The van der Waals surface area contributed by atoms with Gasteiger partial charge in [-0.05, 0) is 18.9 Å². The third-order valence-corrected chi connectivity index (χ3v) is 5.51. The lowest BCUT2D eigenvalue weighted by Gasteiger charge is -2.11. The minimum absolute atomic E-state index is 0.00520. The third-order valence-electron chi connectivity index (χ3n) is 5.51. The van der Waals surface area contributed by atoms with Crippen LogP contribution in [0.5, 0.6) is 0 Å². The van der Waals surface area contributed by atoms with Gasteiger partial charge in [0.05, 0.1) is 17.4 Å². The summed E-state index contributed by atoms with van der Waals surface area (Å²) in [6, 6.07) is 17.9. The van der Waals surface area contributed by atoms with Gasteiger partial charge in [-0.2, -0.15) is 5.10 Å². The lowest BCUT2D eigenvalue weighted by Crippen LogP contribution is -2.24. The highest BCUT2D eigenvalue weighted by molar-refractivity contribution is 5.93. The number of aromatic nitrogens is 4. The van der Waals surface area contributed by atoms with Gasteiger partial charge in [0.15, 0.2) is 0 Å². The van der Waals surface area contributed by atoms with Gasteiger partial charge in [0.1, 0.15) is 0 Å². The molecule has 2 heterocycles. The number of hydrogen-bond donors (Lipinski definition) is 0. The lowest BCUT2D eigenvalue weighted by atomic mass is 10.1. The smallest absolute Gasteiger partial charge is 0.274 e. The minimum Gasteiger partial charge on any atom is -0.337 e. The van der Waals surface area contributed by atoms with Crippen molar-refractivity contribution in [3.05, 3.63) is 83.7 Å². The molecule has 0 aliphatic carbocycles. The molecule has 2 aromatic heterocycles. The van der Waals surface area contributed by atoms with Gasteiger partial charge in [-0.15, -0.1) is 0 Å². The van der Waals surface area contributed by atoms with Crippen LogP contribution in [0, 0.1) is 0 Å². The predicted molar refractivity (Wildman–Crippen MR) is 121 cm³/mol. The van der Waals surface area contributed by atoms with Gasteiger partial charge < -0.3 is 4.57 Å². The van der Waals surface area contributed by atoms with E-state index >= 15 is 0 Å². The molecule has 0 bridgehead atoms. The van der Waals surface area contributed by atoms with Crippen LogP contribution in [-0.4, -0.2) is 19.3 Å². The first-order chi connectivity index (χ1) is 14.8. The molecule has 5 heteroatoms. The van der Waals surface area contributed by atoms with E-state index in [0.717, 1.165) is 41.4 Å². The summed E-state index contributed by atoms with van der Waals surface area (Å²) in [5.74, 6) is 0. The van der Waals surface area contributed by atoms with Crippen molar-refractivity contribution in [3.63, 3.8) is 0 Å². The number of aryl methyl sites for hydroxylation is 2. The fourth-order valence-electron chi connectivity index (χ4n) is 3.88. The summed E-state index contributed by atoms with van der Waals surface area (Å²) in [5.41, 5.74) is 1.93. The molecule has 0 amide bonds. The van der Waals surface area contributed by atoms with Crippen LogP contribution in [0.2, 0.25) is 0 Å². The number of rotatable bonds is 10. The Morgan fingerprint density at radius 1 is 0.733 bits per heavy atom. The van der Waals surface area contributed by atoms with Crippen molar-refractivity contribution < 1.29 is 0 Å². The lowest BCUT2D eigenvalue weighted by molar-refractivity contribution is 0.503. The second-order valence-corrected chi connectivity index (χ2v) is 7.71. The molecule has 0 saturated carbocycles. The fraction of sp³-hybridized carbons (Fsp3) is 0.320. The van der Waals surface area contributed by atoms with Crippen LogP contribution >= 0.6 is 0 Å². The van der Waals surface area contributed by atoms with Crippen molar-refractivity contribution in [2.75, 3.05) is 0 Å². The normalized spacial score (nSPS) is 11.2. The maximum atomic E-state index is 12.9. The molecule has 4 rings (SSSR count). The summed E-state index contributed by atoms with van der Waals surface area (Å²) in [5, 5.41) is 6.40. The third kappa shape index (κ3) is 4.85. The van der Waals surface area contributed by atoms with Gasteiger partial charge >= 0.3 is 0 Å². The van der Waals surface area contributed by atoms with E-state index in [4.69, 9.17) is 5.10 Å². The highest BCUT2D eigenvalue weighted by Gasteiger charge is 2.11. The highest BCUT2D eigenvalue weighted by Crippen LogP contribution is 2.24. The summed E-state index contributed by atoms with van der Waals surface area (Å²) < 4.78 is 3.78. The summed E-state index contributed by atoms with van der Waals surface area (Å²) in [6.45, 7) is 1.71. The highest BCUT2D eigenvalue weighted by atomic mass is 16.1. The Morgan fingerprint density at radius 3 is 2.13 bits per heavy atom. The molecule has 0 spiro atoms. The molecule has 0 N–H and O–H groups in total. The van der Waals surface area contributed by atoms with Crippen molar-refractivity contribution in [2.45, 2.75) is 51.6 Å². The van der Waals surface area contributed by atoms with Crippen LogP contribution in [0.4, 0.5) is 0 Å². The van der Waals surface area contributed by atoms with Gasteiger partial charge in [0.25, 0.3) is 5.56 Å². The number of benzene rings is 2. The van der Waals surface area contributed by atoms with Gasteiger partial charge in [-0.25, -0.2) is 9.67 Å². The largest absolute Gasteiger partial charge is 0.337 e. The van der Waals surface area contributed by atoms with E-state index in [1.165, 1.54) is 25.7 Å². The van der Waals surface area contributed by atoms with Crippen LogP contribution in [0.1, 0.15) is 38.5 Å². The number of hydrogen-bond acceptors (Lipinski definition) is 3. The molecule has 0 radical (unpaired) electrons. The van der Waals surface area contributed by atoms with Crippen LogP contribution in [0.25, 0.3) is 22.0 Å². The average Bonchev–Trinajstić information content (AvgIpc) is 3.31. The maximum absolute atomic E-state index is 12.9. The van der Waals surface area contributed by atoms with E-state index in [9.17, 15) is 4.79 Å². The molecule has 154 valence electrons. The van der Waals surface area contributed by atoms with E-state index in [2.05, 4.69) is 9.55 Å². The second kappa shape index (κ2) is 10.0. The van der Waals surface area contributed by atoms with Crippen molar-refractivity contribution >= 4 is 10.8 Å². The van der Waals surface area contributed by atoms with E-state index in [1.807, 2.05) is 73.3 Å². The molecule has 2 aromatic carbocycles. The maximum Gasteiger partial charge on any atom is 0.274 e. The standard InChI is InChI=1S/C25H28N4O/c30-25-23-15-9-8-14-22(23)24(21-12-6-5-7-13-21)27-29(25)18-11-4-2-1-3-10-17-28-19-16-26-20-28/h5-9,12-16,19-20H,1-4,10-11,17-18H2. The van der Waals surface area contributed by atoms with Crippen LogP contribution in [-0.2, 0) is 13.1 Å². The second-order valence-electron chi connectivity index (χ2n) is 7.71. The van der Waals surface area contributed by atoms with Crippen LogP contribution in [0.15, 0.2) is 78.1 Å². The number of nitrogens with zero attached hydrogens (tertiary/aromatic N) is 4. The summed E-state index contributed by atoms with van der Waals surface area (Å²) >= 11 is 0. The molecule has 0 fully saturated rings. The molecular formula is C25H28N4O. The average molecular weight is 401 g/mol. The van der Waals surface area contributed by atoms with Gasteiger partial charge in [-0.1, -0.05) is 74.2 Å². The zero-order valence-corrected chi connectivity index (χ0v) is 17.3. The molecule has 0 atom stereocenters. The molecule has 0 saturated heterocycles. The van der Waals surface area contributed by atoms with Crippen LogP contribution in [0.3, 0.4) is 0 Å². The Morgan fingerprint density at radius 2 is 1.40 bits per heavy atom. The Kier molecular flexibility index (Phi) is 6.70. The molecule has 0 aliphatic rings. The van der Waals surface area contributed by atoms with Crippen molar-refractivity contribution in [2.24, 2.45) is 0 Å². The van der Waals surface area contributed by atoms with Crippen molar-refractivity contribution in [1.29, 1.82) is 0 Å². The van der Waals surface area contributed by atoms with Gasteiger partial charge in [-0.3, -0.25) is 4.79 Å². The monoisotopic (exact) mass is 400 g/mol. The molecule has 4 aromatic rings. The number of unbranched alkanes of at least 4 members (excludes halogenated alkanes) is 5. The summed E-state index contributed by atoms with van der Waals surface area (Å²) in [7, 11) is 0. The van der Waals surface area contributed by atoms with Crippen molar-refractivity contribution in [3.8, 4) is 11.3 Å². The topological polar surface area (TPSA) is 52.7 Å². The zero-order valence-electron chi connectivity index (χ0n) is 17.3. The van der Waals surface area contributed by atoms with Gasteiger partial charge in [0, 0.05) is 36.4 Å². The summed E-state index contributed by atoms with van der Waals surface area (Å²) in [6.07, 6.45) is 12.6. The Hall–Kier alpha value is -3.21. The molecular weight excluding hydrogens is 372 g/mol. The zero-order chi connectivity index (χ0) is 20.6. The van der Waals surface area contributed by atoms with E-state index in [0.29, 0.717) is 6.54 Å². The van der Waals surface area contributed by atoms with E-state index in [1.54, 1.807) is 4.68 Å². The quantitative estimate of drug-likeness (QED) is 0.339. The minimum atomic E-state index is 0.00520. The Labute approximate surface area is 177 Å².